The molecule has 0 saturated heterocycles. The molecule has 1 atom stereocenters. The first kappa shape index (κ1) is 55.4. The monoisotopic (exact) mass is 807 g/mol. The Kier molecular flexibility index (Phi) is 42.7. The summed E-state index contributed by atoms with van der Waals surface area (Å²) in [5.74, 6) is 0.805. The highest BCUT2D eigenvalue weighted by atomic mass is 16.6. The van der Waals surface area contributed by atoms with Crippen LogP contribution in [0.2, 0.25) is 0 Å². The second-order valence-corrected chi connectivity index (χ2v) is 18.4. The highest BCUT2D eigenvalue weighted by Gasteiger charge is 2.19. The molecule has 0 amide bonds. The van der Waals surface area contributed by atoms with Gasteiger partial charge in [0, 0.05) is 19.3 Å². The molecule has 0 radical (unpaired) electrons. The number of esters is 3. The summed E-state index contributed by atoms with van der Waals surface area (Å²) in [4.78, 5) is 37.8. The smallest absolute Gasteiger partial charge is 0.306 e. The molecule has 0 aromatic carbocycles. The Hall–Kier alpha value is -1.59. The van der Waals surface area contributed by atoms with Crippen molar-refractivity contribution in [1.82, 2.24) is 0 Å². The van der Waals surface area contributed by atoms with Gasteiger partial charge in [0.25, 0.3) is 0 Å². The van der Waals surface area contributed by atoms with Crippen LogP contribution in [0.25, 0.3) is 0 Å². The van der Waals surface area contributed by atoms with Crippen molar-refractivity contribution in [2.75, 3.05) is 13.2 Å². The molecule has 6 heteroatoms. The molecule has 0 aliphatic rings. The molecule has 0 rings (SSSR count). The molecule has 0 spiro atoms. The highest BCUT2D eigenvalue weighted by molar-refractivity contribution is 5.71. The van der Waals surface area contributed by atoms with Gasteiger partial charge in [0.05, 0.1) is 0 Å². The molecule has 0 aromatic heterocycles. The Labute approximate surface area is 355 Å². The minimum absolute atomic E-state index is 0.0640. The van der Waals surface area contributed by atoms with Crippen LogP contribution in [0.1, 0.15) is 279 Å². The molecule has 0 saturated carbocycles. The largest absolute Gasteiger partial charge is 0.462 e. The van der Waals surface area contributed by atoms with E-state index in [0.717, 1.165) is 69.6 Å². The fourth-order valence-electron chi connectivity index (χ4n) is 7.64. The van der Waals surface area contributed by atoms with E-state index < -0.39 is 6.10 Å². The molecule has 0 unspecified atom stereocenters. The number of hydrogen-bond acceptors (Lipinski definition) is 6. The number of carbonyl (C=O) groups is 3. The maximum atomic E-state index is 12.8. The van der Waals surface area contributed by atoms with E-state index in [1.165, 1.54) is 167 Å². The normalized spacial score (nSPS) is 12.1. The summed E-state index contributed by atoms with van der Waals surface area (Å²) in [5, 5.41) is 0. The number of unbranched alkanes of at least 4 members (excludes halogenated alkanes) is 30. The van der Waals surface area contributed by atoms with Crippen LogP contribution in [0.5, 0.6) is 0 Å². The lowest BCUT2D eigenvalue weighted by Gasteiger charge is -2.18. The van der Waals surface area contributed by atoms with Crippen LogP contribution in [0.4, 0.5) is 0 Å². The maximum absolute atomic E-state index is 12.8. The van der Waals surface area contributed by atoms with Crippen LogP contribution in [-0.2, 0) is 28.6 Å². The quantitative estimate of drug-likeness (QED) is 0.0346. The second-order valence-electron chi connectivity index (χ2n) is 18.4. The zero-order valence-electron chi connectivity index (χ0n) is 39.0. The van der Waals surface area contributed by atoms with Crippen molar-refractivity contribution in [1.29, 1.82) is 0 Å². The molecule has 0 aromatic rings. The molecule has 0 N–H and O–H groups in total. The van der Waals surface area contributed by atoms with E-state index in [-0.39, 0.29) is 31.1 Å². The topological polar surface area (TPSA) is 78.9 Å². The van der Waals surface area contributed by atoms with Gasteiger partial charge in [0.15, 0.2) is 6.10 Å². The Bertz CT molecular complexity index is 870. The zero-order chi connectivity index (χ0) is 41.9. The molecule has 6 nitrogen and oxygen atoms in total. The molecule has 0 aliphatic heterocycles. The zero-order valence-corrected chi connectivity index (χ0v) is 39.0. The van der Waals surface area contributed by atoms with Crippen molar-refractivity contribution in [2.24, 2.45) is 11.8 Å². The summed E-state index contributed by atoms with van der Waals surface area (Å²) >= 11 is 0. The van der Waals surface area contributed by atoms with Crippen LogP contribution in [0, 0.1) is 11.8 Å². The van der Waals surface area contributed by atoms with Crippen molar-refractivity contribution in [3.63, 3.8) is 0 Å². The first-order valence-corrected chi connectivity index (χ1v) is 25.2. The van der Waals surface area contributed by atoms with E-state index in [9.17, 15) is 14.4 Å². The molecule has 0 bridgehead atoms. The van der Waals surface area contributed by atoms with Crippen LogP contribution >= 0.6 is 0 Å². The molecule has 338 valence electrons. The minimum Gasteiger partial charge on any atom is -0.462 e. The van der Waals surface area contributed by atoms with Gasteiger partial charge in [0.1, 0.15) is 13.2 Å². The standard InChI is InChI=1S/C51H98O6/c1-6-7-8-9-10-11-21-26-31-36-41-49(52)55-44-48(57-51(54)43-38-33-28-23-18-17-20-25-30-35-40-47(4)5)45-56-50(53)42-37-32-27-22-16-14-12-13-15-19-24-29-34-39-46(2)3/h46-48H,6-45H2,1-5H3/t48-/m0/s1. The lowest BCUT2D eigenvalue weighted by Crippen LogP contribution is -2.30. The fraction of sp³-hybridized carbons (Fsp3) is 0.941. The SMILES string of the molecule is CCCCCCCCCCCCC(=O)OC[C@@H](COC(=O)CCCCCCCCCCCCCCCC(C)C)OC(=O)CCCCCCCCCCCCC(C)C. The fourth-order valence-corrected chi connectivity index (χ4v) is 7.64. The van der Waals surface area contributed by atoms with E-state index in [4.69, 9.17) is 14.2 Å². The summed E-state index contributed by atoms with van der Waals surface area (Å²) in [7, 11) is 0. The summed E-state index contributed by atoms with van der Waals surface area (Å²) in [6, 6.07) is 0. The van der Waals surface area contributed by atoms with Gasteiger partial charge in [-0.25, -0.2) is 0 Å². The van der Waals surface area contributed by atoms with Crippen LogP contribution in [0.3, 0.4) is 0 Å². The molecular weight excluding hydrogens is 709 g/mol. The Morgan fingerprint density at radius 2 is 0.579 bits per heavy atom. The third-order valence-corrected chi connectivity index (χ3v) is 11.5. The van der Waals surface area contributed by atoms with E-state index >= 15 is 0 Å². The Morgan fingerprint density at radius 3 is 0.860 bits per heavy atom. The summed E-state index contributed by atoms with van der Waals surface area (Å²) < 4.78 is 16.8. The molecule has 0 heterocycles. The van der Waals surface area contributed by atoms with Gasteiger partial charge in [-0.05, 0) is 31.1 Å². The summed E-state index contributed by atoms with van der Waals surface area (Å²) in [6.07, 6.45) is 43.7. The lowest BCUT2D eigenvalue weighted by atomic mass is 10.0. The molecule has 0 aliphatic carbocycles. The van der Waals surface area contributed by atoms with Gasteiger partial charge in [-0.1, -0.05) is 240 Å². The van der Waals surface area contributed by atoms with Crippen LogP contribution in [-0.4, -0.2) is 37.2 Å². The van der Waals surface area contributed by atoms with Crippen molar-refractivity contribution >= 4 is 17.9 Å². The first-order chi connectivity index (χ1) is 27.7. The minimum atomic E-state index is -0.761. The van der Waals surface area contributed by atoms with Gasteiger partial charge < -0.3 is 14.2 Å². The van der Waals surface area contributed by atoms with Gasteiger partial charge >= 0.3 is 17.9 Å². The van der Waals surface area contributed by atoms with Crippen LogP contribution in [0.15, 0.2) is 0 Å². The predicted octanol–water partition coefficient (Wildman–Crippen LogP) is 16.1. The first-order valence-electron chi connectivity index (χ1n) is 25.2. The van der Waals surface area contributed by atoms with Crippen molar-refractivity contribution in [2.45, 2.75) is 285 Å². The maximum Gasteiger partial charge on any atom is 0.306 e. The molecule has 57 heavy (non-hydrogen) atoms. The van der Waals surface area contributed by atoms with E-state index in [2.05, 4.69) is 34.6 Å². The third-order valence-electron chi connectivity index (χ3n) is 11.5. The summed E-state index contributed by atoms with van der Waals surface area (Å²) in [5.41, 5.74) is 0. The highest BCUT2D eigenvalue weighted by Crippen LogP contribution is 2.17. The van der Waals surface area contributed by atoms with Gasteiger partial charge in [-0.15, -0.1) is 0 Å². The molecule has 0 fully saturated rings. The van der Waals surface area contributed by atoms with E-state index in [0.29, 0.717) is 19.3 Å². The average molecular weight is 807 g/mol. The van der Waals surface area contributed by atoms with Crippen LogP contribution < -0.4 is 0 Å². The number of ether oxygens (including phenoxy) is 3. The summed E-state index contributed by atoms with van der Waals surface area (Å²) in [6.45, 7) is 11.4. The lowest BCUT2D eigenvalue weighted by molar-refractivity contribution is -0.167. The van der Waals surface area contributed by atoms with Gasteiger partial charge in [-0.2, -0.15) is 0 Å². The third kappa shape index (κ3) is 45.3. The molecular formula is C51H98O6. The predicted molar refractivity (Wildman–Crippen MR) is 243 cm³/mol. The Morgan fingerprint density at radius 1 is 0.333 bits per heavy atom. The van der Waals surface area contributed by atoms with Crippen molar-refractivity contribution < 1.29 is 28.6 Å². The van der Waals surface area contributed by atoms with Crippen molar-refractivity contribution in [3.05, 3.63) is 0 Å². The van der Waals surface area contributed by atoms with E-state index in [1.807, 2.05) is 0 Å². The number of carbonyl (C=O) groups excluding carboxylic acids is 3. The van der Waals surface area contributed by atoms with Gasteiger partial charge in [0.2, 0.25) is 0 Å². The van der Waals surface area contributed by atoms with Gasteiger partial charge in [-0.3, -0.25) is 14.4 Å². The number of hydrogen-bond donors (Lipinski definition) is 0. The second kappa shape index (κ2) is 44.0. The van der Waals surface area contributed by atoms with Crippen molar-refractivity contribution in [3.8, 4) is 0 Å². The van der Waals surface area contributed by atoms with E-state index in [1.54, 1.807) is 0 Å². The number of rotatable bonds is 45. The Balaban J connectivity index is 4.29. The average Bonchev–Trinajstić information content (AvgIpc) is 3.18.